The van der Waals surface area contributed by atoms with Crippen molar-refractivity contribution in [1.82, 2.24) is 25.3 Å². The Morgan fingerprint density at radius 2 is 2.00 bits per heavy atom. The second-order valence-electron chi connectivity index (χ2n) is 11.5. The molecule has 2 amide bonds. The SMILES string of the molecule is C=CC(=O)N1CC2(CCN(c3cnccc3-c3ccc(CNC(=O)c4noc(C(C)(C)C)n4)c(C)c3)C2)C1. The summed E-state index contributed by atoms with van der Waals surface area (Å²) in [5.41, 5.74) is 5.24. The molecule has 0 saturated carbocycles. The van der Waals surface area contributed by atoms with Crippen molar-refractivity contribution in [2.45, 2.75) is 46.1 Å². The lowest BCUT2D eigenvalue weighted by Gasteiger charge is -2.47. The van der Waals surface area contributed by atoms with Gasteiger partial charge in [0.25, 0.3) is 11.7 Å². The minimum atomic E-state index is -0.364. The number of hydrogen-bond acceptors (Lipinski definition) is 7. The third-order valence-electron chi connectivity index (χ3n) is 7.48. The number of rotatable bonds is 6. The molecule has 0 unspecified atom stereocenters. The van der Waals surface area contributed by atoms with Gasteiger partial charge in [-0.3, -0.25) is 14.6 Å². The molecule has 0 radical (unpaired) electrons. The highest BCUT2D eigenvalue weighted by Crippen LogP contribution is 2.43. The molecule has 9 heteroatoms. The molecule has 1 spiro atoms. The number of nitrogens with zero attached hydrogens (tertiary/aromatic N) is 5. The maximum Gasteiger partial charge on any atom is 0.292 e. The standard InChI is InChI=1S/C29H34N6O3/c1-6-24(36)35-17-29(18-35)10-12-34(16-29)23-15-30-11-9-22(23)20-7-8-21(19(2)13-20)14-31-26(37)25-32-27(38-33-25)28(3,4)5/h6-9,11,13,15H,1,10,12,14,16-18H2,2-5H3,(H,31,37). The summed E-state index contributed by atoms with van der Waals surface area (Å²) in [6.07, 6.45) is 6.19. The number of hydrogen-bond donors (Lipinski definition) is 1. The Balaban J connectivity index is 1.27. The van der Waals surface area contributed by atoms with Crippen LogP contribution in [0, 0.1) is 12.3 Å². The lowest BCUT2D eigenvalue weighted by molar-refractivity contribution is -0.136. The van der Waals surface area contributed by atoms with Gasteiger partial charge >= 0.3 is 0 Å². The van der Waals surface area contributed by atoms with Gasteiger partial charge in [0.05, 0.1) is 11.9 Å². The third-order valence-corrected chi connectivity index (χ3v) is 7.48. The summed E-state index contributed by atoms with van der Waals surface area (Å²) in [5, 5.41) is 6.72. The quantitative estimate of drug-likeness (QED) is 0.498. The fraction of sp³-hybridized carbons (Fsp3) is 0.414. The number of aromatic nitrogens is 3. The normalized spacial score (nSPS) is 16.4. The van der Waals surface area contributed by atoms with Crippen LogP contribution in [0.1, 0.15) is 54.8 Å². The van der Waals surface area contributed by atoms with E-state index >= 15 is 0 Å². The van der Waals surface area contributed by atoms with Gasteiger partial charge in [0, 0.05) is 55.3 Å². The predicted molar refractivity (Wildman–Crippen MR) is 145 cm³/mol. The van der Waals surface area contributed by atoms with Crippen molar-refractivity contribution in [2.24, 2.45) is 5.41 Å². The first-order valence-corrected chi connectivity index (χ1v) is 12.9. The summed E-state index contributed by atoms with van der Waals surface area (Å²) in [7, 11) is 0. The van der Waals surface area contributed by atoms with Crippen molar-refractivity contribution in [3.05, 3.63) is 72.2 Å². The Kier molecular flexibility index (Phi) is 6.54. The minimum Gasteiger partial charge on any atom is -0.369 e. The molecular formula is C29H34N6O3. The van der Waals surface area contributed by atoms with E-state index in [4.69, 9.17) is 4.52 Å². The largest absolute Gasteiger partial charge is 0.369 e. The van der Waals surface area contributed by atoms with E-state index in [9.17, 15) is 9.59 Å². The molecule has 4 heterocycles. The van der Waals surface area contributed by atoms with Gasteiger partial charge in [-0.1, -0.05) is 50.7 Å². The Morgan fingerprint density at radius 1 is 1.21 bits per heavy atom. The highest BCUT2D eigenvalue weighted by molar-refractivity contribution is 5.90. The van der Waals surface area contributed by atoms with E-state index in [2.05, 4.69) is 44.1 Å². The van der Waals surface area contributed by atoms with E-state index in [-0.39, 0.29) is 28.5 Å². The average molecular weight is 515 g/mol. The van der Waals surface area contributed by atoms with E-state index in [1.165, 1.54) is 6.08 Å². The summed E-state index contributed by atoms with van der Waals surface area (Å²) in [4.78, 5) is 37.4. The van der Waals surface area contributed by atoms with Gasteiger partial charge in [-0.05, 0) is 42.2 Å². The molecule has 2 aromatic heterocycles. The van der Waals surface area contributed by atoms with Crippen LogP contribution in [0.4, 0.5) is 5.69 Å². The molecule has 5 rings (SSSR count). The molecule has 0 aliphatic carbocycles. The van der Waals surface area contributed by atoms with Crippen molar-refractivity contribution >= 4 is 17.5 Å². The van der Waals surface area contributed by atoms with Crippen LogP contribution in [0.5, 0.6) is 0 Å². The summed E-state index contributed by atoms with van der Waals surface area (Å²) in [6, 6.07) is 8.32. The van der Waals surface area contributed by atoms with Crippen LogP contribution in [-0.2, 0) is 16.8 Å². The number of aryl methyl sites for hydroxylation is 1. The molecule has 0 atom stereocenters. The molecule has 2 fully saturated rings. The first-order valence-electron chi connectivity index (χ1n) is 12.9. The number of pyridine rings is 1. The number of amides is 2. The van der Waals surface area contributed by atoms with Crippen molar-refractivity contribution < 1.29 is 14.1 Å². The molecule has 2 aliphatic rings. The molecule has 2 saturated heterocycles. The van der Waals surface area contributed by atoms with Gasteiger partial charge in [-0.25, -0.2) is 0 Å². The van der Waals surface area contributed by atoms with Crippen molar-refractivity contribution in [1.29, 1.82) is 0 Å². The lowest BCUT2D eigenvalue weighted by Crippen LogP contribution is -2.59. The van der Waals surface area contributed by atoms with Gasteiger partial charge in [0.15, 0.2) is 0 Å². The van der Waals surface area contributed by atoms with Crippen LogP contribution in [0.25, 0.3) is 11.1 Å². The van der Waals surface area contributed by atoms with Crippen molar-refractivity contribution in [3.8, 4) is 11.1 Å². The summed E-state index contributed by atoms with van der Waals surface area (Å²) >= 11 is 0. The Bertz CT molecular complexity index is 1380. The van der Waals surface area contributed by atoms with Gasteiger partial charge in [-0.2, -0.15) is 4.98 Å². The fourth-order valence-corrected chi connectivity index (χ4v) is 5.27. The number of benzene rings is 1. The lowest BCUT2D eigenvalue weighted by atomic mass is 9.79. The molecule has 2 aliphatic heterocycles. The van der Waals surface area contributed by atoms with Crippen LogP contribution in [-0.4, -0.2) is 58.0 Å². The van der Waals surface area contributed by atoms with Crippen LogP contribution in [0.2, 0.25) is 0 Å². The van der Waals surface area contributed by atoms with E-state index < -0.39 is 0 Å². The topological polar surface area (TPSA) is 104 Å². The van der Waals surface area contributed by atoms with Crippen LogP contribution in [0.15, 0.2) is 53.8 Å². The van der Waals surface area contributed by atoms with Gasteiger partial charge in [0.2, 0.25) is 11.8 Å². The molecule has 3 aromatic rings. The smallest absolute Gasteiger partial charge is 0.292 e. The zero-order valence-electron chi connectivity index (χ0n) is 22.5. The second kappa shape index (κ2) is 9.70. The maximum atomic E-state index is 12.6. The second-order valence-corrected chi connectivity index (χ2v) is 11.5. The highest BCUT2D eigenvalue weighted by atomic mass is 16.5. The number of carbonyl (C=O) groups excluding carboxylic acids is 2. The summed E-state index contributed by atoms with van der Waals surface area (Å²) in [5.74, 6) is 0.115. The fourth-order valence-electron chi connectivity index (χ4n) is 5.27. The van der Waals surface area contributed by atoms with Crippen LogP contribution >= 0.6 is 0 Å². The molecule has 9 nitrogen and oxygen atoms in total. The molecule has 1 aromatic carbocycles. The number of carbonyl (C=O) groups is 2. The molecule has 1 N–H and O–H groups in total. The first-order chi connectivity index (χ1) is 18.1. The van der Waals surface area contributed by atoms with Gasteiger partial charge in [-0.15, -0.1) is 0 Å². The zero-order valence-corrected chi connectivity index (χ0v) is 22.5. The highest BCUT2D eigenvalue weighted by Gasteiger charge is 2.49. The molecule has 0 bridgehead atoms. The number of nitrogens with one attached hydrogen (secondary N) is 1. The maximum absolute atomic E-state index is 12.6. The first kappa shape index (κ1) is 25.6. The summed E-state index contributed by atoms with van der Waals surface area (Å²) < 4.78 is 5.24. The minimum absolute atomic E-state index is 0.00912. The van der Waals surface area contributed by atoms with E-state index in [1.807, 2.05) is 57.1 Å². The predicted octanol–water partition coefficient (Wildman–Crippen LogP) is 3.89. The van der Waals surface area contributed by atoms with E-state index in [0.29, 0.717) is 12.4 Å². The van der Waals surface area contributed by atoms with Gasteiger partial charge in [0.1, 0.15) is 0 Å². The number of anilines is 1. The van der Waals surface area contributed by atoms with E-state index in [0.717, 1.165) is 60.5 Å². The Morgan fingerprint density at radius 3 is 2.68 bits per heavy atom. The van der Waals surface area contributed by atoms with E-state index in [1.54, 1.807) is 0 Å². The number of likely N-dealkylation sites (tertiary alicyclic amines) is 1. The molecule has 38 heavy (non-hydrogen) atoms. The average Bonchev–Trinajstić information content (AvgIpc) is 3.55. The molecular weight excluding hydrogens is 480 g/mol. The Labute approximate surface area is 222 Å². The Hall–Kier alpha value is -4.01. The third kappa shape index (κ3) is 4.92. The van der Waals surface area contributed by atoms with Crippen LogP contribution in [0.3, 0.4) is 0 Å². The zero-order chi connectivity index (χ0) is 27.1. The summed E-state index contributed by atoms with van der Waals surface area (Å²) in [6.45, 7) is 15.3. The molecule has 198 valence electrons. The van der Waals surface area contributed by atoms with Crippen LogP contribution < -0.4 is 10.2 Å². The van der Waals surface area contributed by atoms with Crippen molar-refractivity contribution in [2.75, 3.05) is 31.1 Å². The van der Waals surface area contributed by atoms with Gasteiger partial charge < -0.3 is 19.6 Å². The monoisotopic (exact) mass is 514 g/mol. The van der Waals surface area contributed by atoms with Crippen molar-refractivity contribution in [3.63, 3.8) is 0 Å².